The number of rotatable bonds is 3. The molecule has 3 atom stereocenters. The summed E-state index contributed by atoms with van der Waals surface area (Å²) in [5.74, 6) is 1.62. The van der Waals surface area contributed by atoms with E-state index in [0.717, 1.165) is 11.5 Å². The molecule has 2 heterocycles. The van der Waals surface area contributed by atoms with Crippen LogP contribution in [0.1, 0.15) is 36.7 Å². The molecule has 2 fully saturated rings. The third-order valence-electron chi connectivity index (χ3n) is 5.04. The summed E-state index contributed by atoms with van der Waals surface area (Å²) in [5.41, 5.74) is 0.112. The lowest BCUT2D eigenvalue weighted by molar-refractivity contribution is -0.146. The van der Waals surface area contributed by atoms with Gasteiger partial charge in [0.2, 0.25) is 0 Å². The van der Waals surface area contributed by atoms with Crippen LogP contribution in [-0.2, 0) is 26.3 Å². The Labute approximate surface area is 145 Å². The number of carbonyl (C=O) groups is 1. The lowest BCUT2D eigenvalue weighted by Crippen LogP contribution is -2.25. The maximum absolute atomic E-state index is 13.5. The number of aromatic nitrogens is 2. The number of nitrogens with zero attached hydrogens (tertiary/aromatic N) is 2. The molecule has 2 unspecified atom stereocenters. The Morgan fingerprint density at radius 3 is 2.67 bits per heavy atom. The molecular formula is C15H17F3N2O2S2. The predicted octanol–water partition coefficient (Wildman–Crippen LogP) is 3.46. The molecule has 9 heteroatoms. The van der Waals surface area contributed by atoms with Crippen LogP contribution in [0.2, 0.25) is 0 Å². The van der Waals surface area contributed by atoms with Gasteiger partial charge in [-0.2, -0.15) is 18.3 Å². The first kappa shape index (κ1) is 16.6. The molecular weight excluding hydrogens is 361 g/mol. The van der Waals surface area contributed by atoms with Crippen molar-refractivity contribution in [1.82, 2.24) is 9.78 Å². The monoisotopic (exact) mass is 378 g/mol. The van der Waals surface area contributed by atoms with Gasteiger partial charge in [-0.25, -0.2) is 0 Å². The zero-order valence-electron chi connectivity index (χ0n) is 13.2. The molecule has 2 aliphatic carbocycles. The van der Waals surface area contributed by atoms with Gasteiger partial charge in [0.15, 0.2) is 5.69 Å². The van der Waals surface area contributed by atoms with Crippen molar-refractivity contribution in [3.63, 3.8) is 0 Å². The molecule has 132 valence electrons. The lowest BCUT2D eigenvalue weighted by Gasteiger charge is -2.27. The van der Waals surface area contributed by atoms with Crippen molar-refractivity contribution >= 4 is 29.5 Å². The van der Waals surface area contributed by atoms with Crippen molar-refractivity contribution in [3.8, 4) is 0 Å². The Morgan fingerprint density at radius 1 is 1.42 bits per heavy atom. The highest BCUT2D eigenvalue weighted by Gasteiger charge is 2.71. The maximum Gasteiger partial charge on any atom is 0.435 e. The van der Waals surface area contributed by atoms with Crippen LogP contribution in [-0.4, -0.2) is 33.9 Å². The van der Waals surface area contributed by atoms with Crippen molar-refractivity contribution in [1.29, 1.82) is 0 Å². The van der Waals surface area contributed by atoms with Crippen LogP contribution in [0.4, 0.5) is 13.2 Å². The van der Waals surface area contributed by atoms with Crippen LogP contribution in [0.5, 0.6) is 0 Å². The van der Waals surface area contributed by atoms with Gasteiger partial charge in [-0.05, 0) is 24.7 Å². The van der Waals surface area contributed by atoms with Gasteiger partial charge in [-0.15, -0.1) is 23.5 Å². The average molecular weight is 378 g/mol. The second kappa shape index (κ2) is 5.33. The number of hydrogen-bond acceptors (Lipinski definition) is 5. The molecule has 4 rings (SSSR count). The second-order valence-electron chi connectivity index (χ2n) is 6.35. The Kier molecular flexibility index (Phi) is 3.69. The Balaban J connectivity index is 1.84. The molecule has 1 aromatic rings. The maximum atomic E-state index is 13.5. The van der Waals surface area contributed by atoms with E-state index in [1.807, 2.05) is 6.92 Å². The van der Waals surface area contributed by atoms with Gasteiger partial charge in [0, 0.05) is 17.1 Å². The minimum absolute atomic E-state index is 0.0920. The van der Waals surface area contributed by atoms with Gasteiger partial charge in [0.1, 0.15) is 10.6 Å². The highest BCUT2D eigenvalue weighted by Crippen LogP contribution is 2.78. The molecule has 1 spiro atoms. The van der Waals surface area contributed by atoms with E-state index in [4.69, 9.17) is 4.74 Å². The van der Waals surface area contributed by atoms with E-state index in [1.165, 1.54) is 4.68 Å². The Bertz CT molecular complexity index is 698. The SMILES string of the molecule is CCOC(=O)Cn1nc(C(F)(F)F)c2c1C1(SCCS1)C1C2[C@H]1C. The number of alkyl halides is 3. The normalized spacial score (nSPS) is 29.6. The number of esters is 1. The average Bonchev–Trinajstić information content (AvgIpc) is 2.88. The van der Waals surface area contributed by atoms with E-state index < -0.39 is 17.8 Å². The van der Waals surface area contributed by atoms with Gasteiger partial charge in [-0.1, -0.05) is 6.92 Å². The number of carbonyl (C=O) groups excluding carboxylic acids is 1. The van der Waals surface area contributed by atoms with E-state index in [-0.39, 0.29) is 35.0 Å². The first-order valence-electron chi connectivity index (χ1n) is 7.93. The van der Waals surface area contributed by atoms with Crippen LogP contribution >= 0.6 is 23.5 Å². The second-order valence-corrected chi connectivity index (χ2v) is 9.29. The lowest BCUT2D eigenvalue weighted by atomic mass is 10.1. The van der Waals surface area contributed by atoms with Crippen molar-refractivity contribution in [2.45, 2.75) is 36.6 Å². The van der Waals surface area contributed by atoms with Crippen LogP contribution in [0.15, 0.2) is 0 Å². The van der Waals surface area contributed by atoms with E-state index >= 15 is 0 Å². The molecule has 3 aliphatic rings. The Morgan fingerprint density at radius 2 is 2.08 bits per heavy atom. The van der Waals surface area contributed by atoms with Gasteiger partial charge in [-0.3, -0.25) is 9.48 Å². The fourth-order valence-corrected chi connectivity index (χ4v) is 8.13. The first-order valence-corrected chi connectivity index (χ1v) is 9.90. The number of hydrogen-bond donors (Lipinski definition) is 0. The topological polar surface area (TPSA) is 44.1 Å². The molecule has 0 N–H and O–H groups in total. The number of fused-ring (bicyclic) bond motifs is 5. The van der Waals surface area contributed by atoms with Crippen molar-refractivity contribution in [3.05, 3.63) is 17.0 Å². The predicted molar refractivity (Wildman–Crippen MR) is 85.9 cm³/mol. The zero-order valence-corrected chi connectivity index (χ0v) is 14.9. The van der Waals surface area contributed by atoms with Crippen LogP contribution < -0.4 is 0 Å². The van der Waals surface area contributed by atoms with E-state index in [1.54, 1.807) is 30.4 Å². The van der Waals surface area contributed by atoms with Gasteiger partial charge >= 0.3 is 12.1 Å². The fourth-order valence-electron chi connectivity index (χ4n) is 4.21. The Hall–Kier alpha value is -0.830. The molecule has 1 aliphatic heterocycles. The molecule has 0 radical (unpaired) electrons. The number of halogens is 3. The highest BCUT2D eigenvalue weighted by molar-refractivity contribution is 8.20. The summed E-state index contributed by atoms with van der Waals surface area (Å²) in [7, 11) is 0. The molecule has 0 bridgehead atoms. The van der Waals surface area contributed by atoms with Crippen molar-refractivity contribution in [2.75, 3.05) is 18.1 Å². The minimum atomic E-state index is -4.50. The summed E-state index contributed by atoms with van der Waals surface area (Å²) in [6, 6.07) is 0. The molecule has 1 saturated heterocycles. The summed E-state index contributed by atoms with van der Waals surface area (Å²) in [6.07, 6.45) is -4.50. The molecule has 4 nitrogen and oxygen atoms in total. The van der Waals surface area contributed by atoms with Gasteiger partial charge in [0.05, 0.1) is 12.3 Å². The molecule has 0 amide bonds. The zero-order chi connectivity index (χ0) is 17.3. The standard InChI is InChI=1S/C15H17F3N2O2S2/c1-3-22-8(21)6-20-13-10(12(19-20)15(16,17)18)9-7(2)11(9)14(13)23-4-5-24-14/h7,9,11H,3-6H2,1-2H3/t7-,9?,11?/m1/s1. The first-order chi connectivity index (χ1) is 11.3. The van der Waals surface area contributed by atoms with Gasteiger partial charge < -0.3 is 4.74 Å². The third-order valence-corrected chi connectivity index (χ3v) is 8.61. The fraction of sp³-hybridized carbons (Fsp3) is 0.733. The third kappa shape index (κ3) is 2.16. The quantitative estimate of drug-likeness (QED) is 0.754. The largest absolute Gasteiger partial charge is 0.465 e. The minimum Gasteiger partial charge on any atom is -0.465 e. The summed E-state index contributed by atoms with van der Waals surface area (Å²) in [6.45, 7) is 3.63. The molecule has 0 aromatic carbocycles. The summed E-state index contributed by atoms with van der Waals surface area (Å²) in [5, 5.41) is 3.82. The van der Waals surface area contributed by atoms with E-state index in [9.17, 15) is 18.0 Å². The summed E-state index contributed by atoms with van der Waals surface area (Å²) < 4.78 is 46.4. The molecule has 1 saturated carbocycles. The van der Waals surface area contributed by atoms with Crippen LogP contribution in [0.3, 0.4) is 0 Å². The molecule has 24 heavy (non-hydrogen) atoms. The number of ether oxygens (including phenoxy) is 1. The van der Waals surface area contributed by atoms with Crippen molar-refractivity contribution < 1.29 is 22.7 Å². The summed E-state index contributed by atoms with van der Waals surface area (Å²) in [4.78, 5) is 11.9. The summed E-state index contributed by atoms with van der Waals surface area (Å²) >= 11 is 3.42. The van der Waals surface area contributed by atoms with Crippen molar-refractivity contribution in [2.24, 2.45) is 11.8 Å². The van der Waals surface area contributed by atoms with Crippen LogP contribution in [0.25, 0.3) is 0 Å². The van der Waals surface area contributed by atoms with E-state index in [0.29, 0.717) is 11.3 Å². The smallest absolute Gasteiger partial charge is 0.435 e. The molecule has 1 aromatic heterocycles. The van der Waals surface area contributed by atoms with Gasteiger partial charge in [0.25, 0.3) is 0 Å². The number of thioether (sulfide) groups is 2. The van der Waals surface area contributed by atoms with E-state index in [2.05, 4.69) is 5.10 Å². The highest BCUT2D eigenvalue weighted by atomic mass is 32.2. The van der Waals surface area contributed by atoms with Crippen LogP contribution in [0, 0.1) is 11.8 Å².